The minimum atomic E-state index is -1.16. The van der Waals surface area contributed by atoms with Gasteiger partial charge in [0.25, 0.3) is 5.91 Å². The van der Waals surface area contributed by atoms with Crippen LogP contribution in [0, 0.1) is 12.7 Å². The van der Waals surface area contributed by atoms with Crippen LogP contribution in [0.15, 0.2) is 72.8 Å². The van der Waals surface area contributed by atoms with Crippen LogP contribution in [0.4, 0.5) is 20.6 Å². The fourth-order valence-corrected chi connectivity index (χ4v) is 5.85. The highest BCUT2D eigenvalue weighted by molar-refractivity contribution is 8.01. The highest BCUT2D eigenvalue weighted by Gasteiger charge is 2.59. The van der Waals surface area contributed by atoms with Gasteiger partial charge >= 0.3 is 6.03 Å². The molecular formula is C25H22FN3O2S. The molecule has 0 aromatic heterocycles. The van der Waals surface area contributed by atoms with Crippen molar-refractivity contribution in [2.24, 2.45) is 0 Å². The molecule has 1 N–H and O–H groups in total. The summed E-state index contributed by atoms with van der Waals surface area (Å²) < 4.78 is 14.2. The first-order valence-corrected chi connectivity index (χ1v) is 11.4. The number of carbonyl (C=O) groups is 2. The van der Waals surface area contributed by atoms with Crippen molar-refractivity contribution >= 4 is 35.1 Å². The molecule has 32 heavy (non-hydrogen) atoms. The van der Waals surface area contributed by atoms with Gasteiger partial charge in [-0.3, -0.25) is 9.69 Å². The van der Waals surface area contributed by atoms with Crippen molar-refractivity contribution in [2.75, 3.05) is 22.5 Å². The number of halogens is 1. The van der Waals surface area contributed by atoms with Crippen LogP contribution in [-0.4, -0.2) is 29.1 Å². The lowest BCUT2D eigenvalue weighted by Crippen LogP contribution is -2.51. The summed E-state index contributed by atoms with van der Waals surface area (Å²) in [4.78, 5) is 29.4. The number of thioether (sulfide) groups is 1. The number of fused-ring (bicyclic) bond motifs is 2. The van der Waals surface area contributed by atoms with E-state index in [0.29, 0.717) is 18.8 Å². The van der Waals surface area contributed by atoms with E-state index in [9.17, 15) is 14.0 Å². The molecule has 0 saturated carbocycles. The van der Waals surface area contributed by atoms with E-state index in [0.717, 1.165) is 22.4 Å². The van der Waals surface area contributed by atoms with Gasteiger partial charge in [0, 0.05) is 17.9 Å². The van der Waals surface area contributed by atoms with E-state index >= 15 is 0 Å². The lowest BCUT2D eigenvalue weighted by Gasteiger charge is -2.33. The molecule has 3 amide bonds. The number of hydrogen-bond donors (Lipinski definition) is 1. The summed E-state index contributed by atoms with van der Waals surface area (Å²) >= 11 is 1.46. The minimum Gasteiger partial charge on any atom is -0.305 e. The predicted molar refractivity (Wildman–Crippen MR) is 125 cm³/mol. The van der Waals surface area contributed by atoms with Gasteiger partial charge < -0.3 is 10.2 Å². The number of anilines is 2. The monoisotopic (exact) mass is 447 g/mol. The van der Waals surface area contributed by atoms with Crippen LogP contribution in [-0.2, 0) is 16.2 Å². The molecule has 0 aliphatic carbocycles. The average molecular weight is 448 g/mol. The molecule has 1 atom stereocenters. The van der Waals surface area contributed by atoms with Crippen molar-refractivity contribution in [3.8, 4) is 0 Å². The number of benzene rings is 3. The Balaban J connectivity index is 1.55. The molecule has 3 aromatic carbocycles. The summed E-state index contributed by atoms with van der Waals surface area (Å²) in [6.07, 6.45) is 0. The lowest BCUT2D eigenvalue weighted by atomic mass is 10.0. The van der Waals surface area contributed by atoms with Crippen LogP contribution >= 0.6 is 11.8 Å². The van der Waals surface area contributed by atoms with E-state index in [2.05, 4.69) is 5.32 Å². The summed E-state index contributed by atoms with van der Waals surface area (Å²) in [6, 6.07) is 21.3. The molecule has 162 valence electrons. The number of carbonyl (C=O) groups excluding carboxylic acids is 2. The third kappa shape index (κ3) is 3.24. The third-order valence-electron chi connectivity index (χ3n) is 5.89. The summed E-state index contributed by atoms with van der Waals surface area (Å²) in [7, 11) is 0. The molecule has 0 bridgehead atoms. The lowest BCUT2D eigenvalue weighted by molar-refractivity contribution is -0.123. The van der Waals surface area contributed by atoms with Gasteiger partial charge in [0.15, 0.2) is 4.87 Å². The minimum absolute atomic E-state index is 0.0978. The second kappa shape index (κ2) is 7.98. The van der Waals surface area contributed by atoms with E-state index in [1.807, 2.05) is 55.5 Å². The van der Waals surface area contributed by atoms with Crippen molar-refractivity contribution in [3.63, 3.8) is 0 Å². The van der Waals surface area contributed by atoms with Crippen LogP contribution in [0.25, 0.3) is 0 Å². The molecule has 1 saturated heterocycles. The molecular weight excluding hydrogens is 425 g/mol. The van der Waals surface area contributed by atoms with Gasteiger partial charge in [0.1, 0.15) is 5.82 Å². The van der Waals surface area contributed by atoms with Crippen molar-refractivity contribution < 1.29 is 14.0 Å². The summed E-state index contributed by atoms with van der Waals surface area (Å²) in [5.41, 5.74) is 3.74. The predicted octanol–water partition coefficient (Wildman–Crippen LogP) is 5.11. The van der Waals surface area contributed by atoms with Crippen molar-refractivity contribution in [2.45, 2.75) is 18.3 Å². The summed E-state index contributed by atoms with van der Waals surface area (Å²) in [5.74, 6) is -0.0437. The van der Waals surface area contributed by atoms with Crippen LogP contribution in [0.5, 0.6) is 0 Å². The maximum absolute atomic E-state index is 14.2. The number of hydrogen-bond acceptors (Lipinski definition) is 3. The second-order valence-electron chi connectivity index (χ2n) is 7.95. The van der Waals surface area contributed by atoms with Crippen molar-refractivity contribution in [3.05, 3.63) is 95.3 Å². The van der Waals surface area contributed by atoms with Gasteiger partial charge in [0.2, 0.25) is 0 Å². The standard InChI is InChI=1S/C25H22FN3O2S/c1-17-11-12-22-19(15-17)25(23(30)28(22)16-18-7-3-2-4-8-18)29(13-14-32-25)24(31)27-21-10-6-5-9-20(21)26/h2-12,15H,13-14,16H2,1H3,(H,27,31). The Bertz CT molecular complexity index is 1200. The van der Waals surface area contributed by atoms with Crippen LogP contribution in [0.2, 0.25) is 0 Å². The zero-order chi connectivity index (χ0) is 22.3. The molecule has 1 spiro atoms. The molecule has 1 fully saturated rings. The van der Waals surface area contributed by atoms with Crippen LogP contribution < -0.4 is 10.2 Å². The Morgan fingerprint density at radius 2 is 1.84 bits per heavy atom. The second-order valence-corrected chi connectivity index (χ2v) is 9.24. The topological polar surface area (TPSA) is 52.7 Å². The maximum atomic E-state index is 14.2. The van der Waals surface area contributed by atoms with Crippen molar-refractivity contribution in [1.29, 1.82) is 0 Å². The van der Waals surface area contributed by atoms with E-state index in [1.54, 1.807) is 21.9 Å². The first kappa shape index (κ1) is 20.6. The Labute approximate surface area is 190 Å². The zero-order valence-electron chi connectivity index (χ0n) is 17.5. The van der Waals surface area contributed by atoms with Gasteiger partial charge in [0.05, 0.1) is 17.9 Å². The summed E-state index contributed by atoms with van der Waals surface area (Å²) in [6.45, 7) is 2.78. The normalized spacial score (nSPS) is 19.5. The van der Waals surface area contributed by atoms with Gasteiger partial charge in [-0.15, -0.1) is 11.8 Å². The number of rotatable bonds is 3. The number of urea groups is 1. The number of para-hydroxylation sites is 1. The number of aryl methyl sites for hydroxylation is 1. The Hall–Kier alpha value is -3.32. The highest BCUT2D eigenvalue weighted by Crippen LogP contribution is 2.54. The average Bonchev–Trinajstić information content (AvgIpc) is 3.33. The zero-order valence-corrected chi connectivity index (χ0v) is 18.4. The third-order valence-corrected chi connectivity index (χ3v) is 7.31. The molecule has 3 aromatic rings. The molecule has 2 aliphatic heterocycles. The van der Waals surface area contributed by atoms with Gasteiger partial charge in [-0.25, -0.2) is 9.18 Å². The Kier molecular flexibility index (Phi) is 5.13. The fourth-order valence-electron chi connectivity index (χ4n) is 4.40. The van der Waals surface area contributed by atoms with E-state index in [-0.39, 0.29) is 11.6 Å². The first-order chi connectivity index (χ1) is 15.5. The molecule has 7 heteroatoms. The number of nitrogens with zero attached hydrogens (tertiary/aromatic N) is 2. The largest absolute Gasteiger partial charge is 0.323 e. The molecule has 1 unspecified atom stereocenters. The van der Waals surface area contributed by atoms with Gasteiger partial charge in [-0.2, -0.15) is 0 Å². The highest BCUT2D eigenvalue weighted by atomic mass is 32.2. The molecule has 0 radical (unpaired) electrons. The van der Waals surface area contributed by atoms with Crippen LogP contribution in [0.1, 0.15) is 16.7 Å². The maximum Gasteiger partial charge on any atom is 0.323 e. The van der Waals surface area contributed by atoms with Gasteiger partial charge in [-0.1, -0.05) is 60.2 Å². The first-order valence-electron chi connectivity index (χ1n) is 10.4. The quantitative estimate of drug-likeness (QED) is 0.607. The van der Waals surface area contributed by atoms with Crippen LogP contribution in [0.3, 0.4) is 0 Å². The smallest absolute Gasteiger partial charge is 0.305 e. The van der Waals surface area contributed by atoms with E-state index in [4.69, 9.17) is 0 Å². The number of nitrogens with one attached hydrogen (secondary N) is 1. The number of amides is 3. The molecule has 2 heterocycles. The fraction of sp³-hybridized carbons (Fsp3) is 0.200. The van der Waals surface area contributed by atoms with E-state index < -0.39 is 16.7 Å². The molecule has 2 aliphatic rings. The van der Waals surface area contributed by atoms with Gasteiger partial charge in [-0.05, 0) is 30.7 Å². The van der Waals surface area contributed by atoms with Crippen molar-refractivity contribution in [1.82, 2.24) is 4.90 Å². The molecule has 5 rings (SSSR count). The summed E-state index contributed by atoms with van der Waals surface area (Å²) in [5, 5.41) is 2.66. The van der Waals surface area contributed by atoms with E-state index in [1.165, 1.54) is 23.9 Å². The molecule has 5 nitrogen and oxygen atoms in total. The Morgan fingerprint density at radius 3 is 2.62 bits per heavy atom. The Morgan fingerprint density at radius 1 is 1.09 bits per heavy atom. The SMILES string of the molecule is Cc1ccc2c(c1)C1(SCCN1C(=O)Nc1ccccc1F)C(=O)N2Cc1ccccc1.